The third-order valence-electron chi connectivity index (χ3n) is 1.72. The standard InChI is InChI=1S/C9H9N3/c1-2-5-12-6-3-4-8-9(12)11-7-10-8/h2-4,6-7H,1,5H2. The maximum Gasteiger partial charge on any atom is 0.160 e. The molecule has 12 heavy (non-hydrogen) atoms. The lowest BCUT2D eigenvalue weighted by molar-refractivity contribution is 0.807. The van der Waals surface area contributed by atoms with Gasteiger partial charge in [0, 0.05) is 12.7 Å². The first-order valence-corrected chi connectivity index (χ1v) is 3.78. The summed E-state index contributed by atoms with van der Waals surface area (Å²) in [5.74, 6) is 0.914. The van der Waals surface area contributed by atoms with E-state index in [0.29, 0.717) is 0 Å². The fourth-order valence-corrected chi connectivity index (χ4v) is 1.20. The summed E-state index contributed by atoms with van der Waals surface area (Å²) in [4.78, 5) is 8.24. The van der Waals surface area contributed by atoms with E-state index in [1.807, 2.05) is 29.0 Å². The Morgan fingerprint density at radius 2 is 2.42 bits per heavy atom. The molecule has 0 unspecified atom stereocenters. The summed E-state index contributed by atoms with van der Waals surface area (Å²) in [5.41, 5.74) is 0.930. The van der Waals surface area contributed by atoms with Crippen LogP contribution in [0, 0.1) is 0 Å². The van der Waals surface area contributed by atoms with E-state index in [9.17, 15) is 0 Å². The highest BCUT2D eigenvalue weighted by molar-refractivity contribution is 5.50. The molecule has 0 aliphatic carbocycles. The molecular formula is C9H9N3. The van der Waals surface area contributed by atoms with E-state index >= 15 is 0 Å². The smallest absolute Gasteiger partial charge is 0.160 e. The van der Waals surface area contributed by atoms with Gasteiger partial charge in [0.2, 0.25) is 0 Å². The molecule has 0 fully saturated rings. The van der Waals surface area contributed by atoms with Gasteiger partial charge < -0.3 is 4.57 Å². The van der Waals surface area contributed by atoms with Crippen molar-refractivity contribution in [3.63, 3.8) is 0 Å². The first-order chi connectivity index (χ1) is 5.92. The molecule has 0 atom stereocenters. The highest BCUT2D eigenvalue weighted by Gasteiger charge is 2.06. The van der Waals surface area contributed by atoms with Crippen LogP contribution in [0.15, 0.2) is 37.3 Å². The Bertz CT molecular complexity index is 364. The molecule has 0 aromatic rings. The van der Waals surface area contributed by atoms with E-state index in [1.165, 1.54) is 0 Å². The molecule has 3 nitrogen and oxygen atoms in total. The van der Waals surface area contributed by atoms with Gasteiger partial charge >= 0.3 is 0 Å². The SMILES string of the molecule is C=CCn1cccc2ncnc1-2. The van der Waals surface area contributed by atoms with Crippen LogP contribution in [0.1, 0.15) is 0 Å². The minimum Gasteiger partial charge on any atom is -0.327 e. The number of hydrogen-bond donors (Lipinski definition) is 0. The van der Waals surface area contributed by atoms with Crippen molar-refractivity contribution in [2.24, 2.45) is 0 Å². The monoisotopic (exact) mass is 159 g/mol. The van der Waals surface area contributed by atoms with E-state index in [-0.39, 0.29) is 0 Å². The zero-order chi connectivity index (χ0) is 8.39. The van der Waals surface area contributed by atoms with Gasteiger partial charge in [0.05, 0.1) is 0 Å². The van der Waals surface area contributed by atoms with Crippen LogP contribution in [0.5, 0.6) is 0 Å². The molecule has 0 bridgehead atoms. The topological polar surface area (TPSA) is 30.7 Å². The van der Waals surface area contributed by atoms with E-state index in [2.05, 4.69) is 16.5 Å². The number of aromatic nitrogens is 3. The van der Waals surface area contributed by atoms with Gasteiger partial charge in [0.1, 0.15) is 12.0 Å². The summed E-state index contributed by atoms with van der Waals surface area (Å²) in [7, 11) is 0. The van der Waals surface area contributed by atoms with Gasteiger partial charge in [-0.05, 0) is 12.1 Å². The van der Waals surface area contributed by atoms with Gasteiger partial charge in [-0.3, -0.25) is 0 Å². The van der Waals surface area contributed by atoms with Gasteiger partial charge in [-0.25, -0.2) is 9.97 Å². The second-order valence-corrected chi connectivity index (χ2v) is 2.53. The predicted molar refractivity (Wildman–Crippen MR) is 46.8 cm³/mol. The van der Waals surface area contributed by atoms with Crippen LogP contribution in [0.4, 0.5) is 0 Å². The van der Waals surface area contributed by atoms with Crippen molar-refractivity contribution in [1.82, 2.24) is 14.5 Å². The summed E-state index contributed by atoms with van der Waals surface area (Å²) < 4.78 is 2.01. The fraction of sp³-hybridized carbons (Fsp3) is 0.111. The lowest BCUT2D eigenvalue weighted by Crippen LogP contribution is -2.00. The van der Waals surface area contributed by atoms with Crippen LogP contribution in [0.25, 0.3) is 11.5 Å². The minimum atomic E-state index is 0.774. The third kappa shape index (κ3) is 0.993. The molecule has 2 rings (SSSR count). The largest absolute Gasteiger partial charge is 0.327 e. The van der Waals surface area contributed by atoms with Crippen molar-refractivity contribution in [1.29, 1.82) is 0 Å². The van der Waals surface area contributed by atoms with E-state index in [1.54, 1.807) is 6.33 Å². The molecule has 0 amide bonds. The zero-order valence-corrected chi connectivity index (χ0v) is 6.64. The van der Waals surface area contributed by atoms with Crippen molar-refractivity contribution in [2.45, 2.75) is 6.54 Å². The molecule has 0 aromatic heterocycles. The number of nitrogens with zero attached hydrogens (tertiary/aromatic N) is 3. The van der Waals surface area contributed by atoms with Crippen LogP contribution >= 0.6 is 0 Å². The lowest BCUT2D eigenvalue weighted by atomic mass is 10.3. The lowest BCUT2D eigenvalue weighted by Gasteiger charge is -2.06. The van der Waals surface area contributed by atoms with Crippen LogP contribution in [0.3, 0.4) is 0 Å². The molecule has 0 saturated carbocycles. The molecule has 2 heterocycles. The molecular weight excluding hydrogens is 150 g/mol. The Morgan fingerprint density at radius 3 is 3.25 bits per heavy atom. The number of hydrogen-bond acceptors (Lipinski definition) is 2. The van der Waals surface area contributed by atoms with E-state index in [0.717, 1.165) is 18.1 Å². The molecule has 0 aromatic carbocycles. The Balaban J connectivity index is 2.54. The van der Waals surface area contributed by atoms with E-state index < -0.39 is 0 Å². The van der Waals surface area contributed by atoms with Crippen molar-refractivity contribution < 1.29 is 0 Å². The van der Waals surface area contributed by atoms with Crippen molar-refractivity contribution in [2.75, 3.05) is 0 Å². The number of fused-ring (bicyclic) bond motifs is 1. The number of imidazole rings is 1. The molecule has 60 valence electrons. The number of allylic oxidation sites excluding steroid dienone is 1. The molecule has 0 saturated heterocycles. The average molecular weight is 159 g/mol. The summed E-state index contributed by atoms with van der Waals surface area (Å²) in [5, 5.41) is 0. The second-order valence-electron chi connectivity index (χ2n) is 2.53. The summed E-state index contributed by atoms with van der Waals surface area (Å²) >= 11 is 0. The van der Waals surface area contributed by atoms with Crippen LogP contribution < -0.4 is 0 Å². The van der Waals surface area contributed by atoms with Crippen molar-refractivity contribution in [3.8, 4) is 11.5 Å². The van der Waals surface area contributed by atoms with Crippen molar-refractivity contribution >= 4 is 0 Å². The van der Waals surface area contributed by atoms with Crippen LogP contribution in [0.2, 0.25) is 0 Å². The molecule has 0 N–H and O–H groups in total. The minimum absolute atomic E-state index is 0.774. The maximum atomic E-state index is 4.14. The van der Waals surface area contributed by atoms with Gasteiger partial charge in [0.15, 0.2) is 5.82 Å². The normalized spacial score (nSPS) is 10.3. The summed E-state index contributed by atoms with van der Waals surface area (Å²) in [6, 6.07) is 3.91. The second kappa shape index (κ2) is 2.77. The Labute approximate surface area is 70.7 Å². The first-order valence-electron chi connectivity index (χ1n) is 3.78. The van der Waals surface area contributed by atoms with Gasteiger partial charge in [-0.15, -0.1) is 6.58 Å². The zero-order valence-electron chi connectivity index (χ0n) is 6.64. The molecule has 0 radical (unpaired) electrons. The molecule has 2 aliphatic rings. The predicted octanol–water partition coefficient (Wildman–Crippen LogP) is 1.57. The van der Waals surface area contributed by atoms with Gasteiger partial charge in [-0.1, -0.05) is 6.08 Å². The molecule has 3 heteroatoms. The highest BCUT2D eigenvalue weighted by Crippen LogP contribution is 2.15. The van der Waals surface area contributed by atoms with Gasteiger partial charge in [-0.2, -0.15) is 0 Å². The van der Waals surface area contributed by atoms with Crippen LogP contribution in [-0.4, -0.2) is 14.5 Å². The van der Waals surface area contributed by atoms with Crippen LogP contribution in [-0.2, 0) is 6.54 Å². The Hall–Kier alpha value is -1.64. The third-order valence-corrected chi connectivity index (χ3v) is 1.72. The average Bonchev–Trinajstić information content (AvgIpc) is 2.53. The maximum absolute atomic E-state index is 4.14. The summed E-state index contributed by atoms with van der Waals surface area (Å²) in [6.45, 7) is 4.45. The first kappa shape index (κ1) is 7.03. The highest BCUT2D eigenvalue weighted by atomic mass is 15.1. The van der Waals surface area contributed by atoms with Gasteiger partial charge in [0.25, 0.3) is 0 Å². The quantitative estimate of drug-likeness (QED) is 0.623. The number of pyridine rings is 1. The Kier molecular flexibility index (Phi) is 1.63. The summed E-state index contributed by atoms with van der Waals surface area (Å²) in [6.07, 6.45) is 5.39. The molecule has 0 spiro atoms. The number of rotatable bonds is 2. The van der Waals surface area contributed by atoms with E-state index in [4.69, 9.17) is 0 Å². The Morgan fingerprint density at radius 1 is 1.50 bits per heavy atom. The van der Waals surface area contributed by atoms with Crippen molar-refractivity contribution in [3.05, 3.63) is 37.3 Å². The molecule has 2 aliphatic heterocycles. The fourth-order valence-electron chi connectivity index (χ4n) is 1.20.